The Labute approximate surface area is 402 Å². The molecule has 0 aromatic heterocycles. The predicted molar refractivity (Wildman–Crippen MR) is 246 cm³/mol. The fraction of sp³-hybridized carbons (Fsp3) is 0.750. The van der Waals surface area contributed by atoms with E-state index < -0.39 is 115 Å². The van der Waals surface area contributed by atoms with Crippen molar-refractivity contribution in [1.82, 2.24) is 0 Å². The highest BCUT2D eigenvalue weighted by molar-refractivity contribution is 5.79. The van der Waals surface area contributed by atoms with Crippen LogP contribution in [0, 0.1) is 23.7 Å². The van der Waals surface area contributed by atoms with Crippen molar-refractivity contribution in [3.05, 3.63) is 59.3 Å². The summed E-state index contributed by atoms with van der Waals surface area (Å²) in [6.45, 7) is 18.7. The smallest absolute Gasteiger partial charge is 0.316 e. The van der Waals surface area contributed by atoms with E-state index in [2.05, 4.69) is 32.9 Å². The second-order valence-corrected chi connectivity index (χ2v) is 20.1. The summed E-state index contributed by atoms with van der Waals surface area (Å²) in [7, 11) is 3.21. The number of hydrogen-bond donors (Lipinski definition) is 1. The van der Waals surface area contributed by atoms with Gasteiger partial charge in [-0.25, -0.2) is 0 Å². The zero-order valence-electron chi connectivity index (χ0n) is 42.0. The van der Waals surface area contributed by atoms with E-state index >= 15 is 0 Å². The van der Waals surface area contributed by atoms with Crippen LogP contribution in [0.5, 0.6) is 0 Å². The van der Waals surface area contributed by atoms with Gasteiger partial charge < -0.3 is 61.9 Å². The van der Waals surface area contributed by atoms with Crippen LogP contribution in [0.4, 0.5) is 0 Å². The second-order valence-electron chi connectivity index (χ2n) is 20.1. The van der Waals surface area contributed by atoms with Gasteiger partial charge in [-0.15, -0.1) is 0 Å². The minimum atomic E-state index is -1.89. The first-order valence-electron chi connectivity index (χ1n) is 24.6. The summed E-state index contributed by atoms with van der Waals surface area (Å²) in [6, 6.07) is 0. The molecule has 16 nitrogen and oxygen atoms in total. The van der Waals surface area contributed by atoms with Crippen LogP contribution in [0.25, 0.3) is 0 Å². The molecule has 4 fully saturated rings. The Morgan fingerprint density at radius 2 is 1.50 bits per heavy atom. The van der Waals surface area contributed by atoms with E-state index in [1.165, 1.54) is 13.8 Å². The normalized spacial score (nSPS) is 45.6. The Hall–Kier alpha value is -3.29. The lowest BCUT2D eigenvalue weighted by molar-refractivity contribution is -0.319. The number of aliphatic hydroxyl groups is 1. The van der Waals surface area contributed by atoms with Gasteiger partial charge >= 0.3 is 17.9 Å². The van der Waals surface area contributed by atoms with Crippen LogP contribution in [0.2, 0.25) is 0 Å². The van der Waals surface area contributed by atoms with Crippen LogP contribution in [0.3, 0.4) is 0 Å². The summed E-state index contributed by atoms with van der Waals surface area (Å²) in [6.07, 6.45) is 8.36. The molecule has 1 aliphatic carbocycles. The molecule has 20 atom stereocenters. The number of allylic oxidation sites excluding steroid dienone is 2. The van der Waals surface area contributed by atoms with E-state index in [0.717, 1.165) is 12.0 Å². The monoisotopic (exact) mass is 957 g/mol. The number of carbonyl (C=O) groups is 3. The molecule has 380 valence electrons. The molecule has 0 amide bonds. The molecular formula is C52H76O16. The summed E-state index contributed by atoms with van der Waals surface area (Å²) in [4.78, 5) is 38.7. The summed E-state index contributed by atoms with van der Waals surface area (Å²) >= 11 is 0. The highest BCUT2D eigenvalue weighted by Crippen LogP contribution is 2.48. The average Bonchev–Trinajstić information content (AvgIpc) is 3.62. The Kier molecular flexibility index (Phi) is 17.0. The third kappa shape index (κ3) is 11.2. The predicted octanol–water partition coefficient (Wildman–Crippen LogP) is 6.52. The van der Waals surface area contributed by atoms with Gasteiger partial charge in [-0.3, -0.25) is 14.4 Å². The zero-order chi connectivity index (χ0) is 49.2. The third-order valence-electron chi connectivity index (χ3n) is 15.0. The maximum atomic E-state index is 14.6. The van der Waals surface area contributed by atoms with Crippen LogP contribution in [0.15, 0.2) is 59.3 Å². The molecule has 6 heterocycles. The summed E-state index contributed by atoms with van der Waals surface area (Å²) in [5, 5.41) is 12.8. The molecule has 0 aromatic carbocycles. The van der Waals surface area contributed by atoms with Crippen molar-refractivity contribution in [2.75, 3.05) is 20.8 Å². The molecule has 0 radical (unpaired) electrons. The molecule has 1 spiro atoms. The Morgan fingerprint density at radius 3 is 2.16 bits per heavy atom. The van der Waals surface area contributed by atoms with E-state index in [4.69, 9.17) is 56.8 Å². The van der Waals surface area contributed by atoms with Gasteiger partial charge in [0.25, 0.3) is 0 Å². The molecule has 4 saturated heterocycles. The Balaban J connectivity index is 1.18. The van der Waals surface area contributed by atoms with Gasteiger partial charge in [0, 0.05) is 65.6 Å². The topological polar surface area (TPSA) is 182 Å². The first-order valence-corrected chi connectivity index (χ1v) is 24.6. The lowest BCUT2D eigenvalue weighted by atomic mass is 9.70. The first kappa shape index (κ1) is 52.5. The lowest BCUT2D eigenvalue weighted by Crippen LogP contribution is -2.58. The Bertz CT molecular complexity index is 1960. The summed E-state index contributed by atoms with van der Waals surface area (Å²) in [5.41, 5.74) is 0.0831. The van der Waals surface area contributed by atoms with Gasteiger partial charge in [-0.1, -0.05) is 70.6 Å². The number of hydrogen-bond acceptors (Lipinski definition) is 16. The molecular weight excluding hydrogens is 881 g/mol. The molecule has 6 aliphatic heterocycles. The van der Waals surface area contributed by atoms with Crippen molar-refractivity contribution >= 4 is 17.9 Å². The van der Waals surface area contributed by atoms with Crippen molar-refractivity contribution in [3.8, 4) is 0 Å². The van der Waals surface area contributed by atoms with Crippen molar-refractivity contribution in [2.24, 2.45) is 23.7 Å². The fourth-order valence-electron chi connectivity index (χ4n) is 11.2. The molecule has 2 bridgehead atoms. The van der Waals surface area contributed by atoms with Crippen molar-refractivity contribution < 1.29 is 76.3 Å². The molecule has 7 rings (SSSR count). The van der Waals surface area contributed by atoms with Crippen LogP contribution in [-0.4, -0.2) is 141 Å². The van der Waals surface area contributed by atoms with Crippen molar-refractivity contribution in [3.63, 3.8) is 0 Å². The highest BCUT2D eigenvalue weighted by Gasteiger charge is 2.61. The standard InChI is InChI=1S/C52H76O16/c1-13-27(2)45-30(5)19-20-51(68-45)25-38-22-37(67-51)18-17-29(4)44(28(3)15-14-16-36-26-59-49-46(62-34(9)53)31(6)21-39(50(55)64-38)52(36,49)56)65-42-24-41(58-12)48(33(8)61-42)66-43-23-40(57-11)47(32(7)60-43)63-35(10)54/h14-17,19-21,27-28,30,32-33,37-49,56H,13,18,22-26H2,1-12H3/b15-14+,29-17+,36-16+/t27-,28-,30-,32-,33-,37+,38-,39-,40+,41+,42-,43-,44-,45+,46+,47-,48-,49+,51+,52+/m0/s1. The molecule has 68 heavy (non-hydrogen) atoms. The molecule has 0 unspecified atom stereocenters. The van der Waals surface area contributed by atoms with Gasteiger partial charge in [-0.2, -0.15) is 0 Å². The molecule has 16 heteroatoms. The number of ether oxygens (including phenoxy) is 12. The number of fused-ring (bicyclic) bond motifs is 2. The minimum Gasteiger partial charge on any atom is -0.462 e. The molecule has 0 saturated carbocycles. The number of carbonyl (C=O) groups excluding carboxylic acids is 3. The van der Waals surface area contributed by atoms with Crippen LogP contribution in [0.1, 0.15) is 108 Å². The number of rotatable bonds is 10. The van der Waals surface area contributed by atoms with E-state index in [0.29, 0.717) is 36.8 Å². The summed E-state index contributed by atoms with van der Waals surface area (Å²) in [5.74, 6) is -3.70. The van der Waals surface area contributed by atoms with E-state index in [9.17, 15) is 19.5 Å². The first-order chi connectivity index (χ1) is 32.3. The van der Waals surface area contributed by atoms with E-state index in [-0.39, 0.29) is 36.9 Å². The maximum absolute atomic E-state index is 14.6. The van der Waals surface area contributed by atoms with Gasteiger partial charge in [-0.05, 0) is 62.8 Å². The fourth-order valence-corrected chi connectivity index (χ4v) is 11.2. The number of methoxy groups -OCH3 is 2. The van der Waals surface area contributed by atoms with Crippen LogP contribution in [-0.2, 0) is 71.2 Å². The van der Waals surface area contributed by atoms with Gasteiger partial charge in [0.1, 0.15) is 35.9 Å². The Morgan fingerprint density at radius 1 is 0.838 bits per heavy atom. The lowest BCUT2D eigenvalue weighted by Gasteiger charge is -2.48. The van der Waals surface area contributed by atoms with Gasteiger partial charge in [0.2, 0.25) is 0 Å². The van der Waals surface area contributed by atoms with Crippen molar-refractivity contribution in [1.29, 1.82) is 0 Å². The maximum Gasteiger partial charge on any atom is 0.316 e. The number of esters is 3. The third-order valence-corrected chi connectivity index (χ3v) is 15.0. The van der Waals surface area contributed by atoms with Gasteiger partial charge in [0.15, 0.2) is 30.6 Å². The van der Waals surface area contributed by atoms with Crippen molar-refractivity contribution in [2.45, 2.75) is 205 Å². The highest BCUT2D eigenvalue weighted by atomic mass is 16.7. The van der Waals surface area contributed by atoms with E-state index in [1.54, 1.807) is 33.3 Å². The summed E-state index contributed by atoms with van der Waals surface area (Å²) < 4.78 is 75.8. The van der Waals surface area contributed by atoms with Gasteiger partial charge in [0.05, 0.1) is 43.2 Å². The SMILES string of the molecule is CC[C@H](C)[C@H]1O[C@]2(C=C[C@@H]1C)C[C@@H]1C[C@@H](C/C=C(\C)[C@@H](O[C@H]3C[C@@H](OC)[C@@H](O[C@H]4C[C@@H](OC)[C@@H](OC(C)=O)[C@H](C)O4)[C@H](C)O3)[C@@H](C)/C=C/C=C3\CO[C@@H]4[C@H](OC(C)=O)C(C)=C[C@@H](C(=O)O1)[C@]34O)O2. The van der Waals surface area contributed by atoms with E-state index in [1.807, 2.05) is 45.9 Å². The quantitative estimate of drug-likeness (QED) is 0.142. The van der Waals surface area contributed by atoms with Crippen LogP contribution < -0.4 is 0 Å². The average molecular weight is 957 g/mol. The van der Waals surface area contributed by atoms with Crippen LogP contribution >= 0.6 is 0 Å². The second kappa shape index (κ2) is 22.0. The molecule has 1 N–H and O–H groups in total. The molecule has 7 aliphatic rings. The molecule has 0 aromatic rings. The largest absolute Gasteiger partial charge is 0.462 e. The zero-order valence-corrected chi connectivity index (χ0v) is 42.0. The minimum absolute atomic E-state index is 0.00313.